The van der Waals surface area contributed by atoms with Gasteiger partial charge in [0.05, 0.1) is 11.8 Å². The van der Waals surface area contributed by atoms with Gasteiger partial charge in [-0.2, -0.15) is 10.4 Å². The summed E-state index contributed by atoms with van der Waals surface area (Å²) >= 11 is 0. The van der Waals surface area contributed by atoms with Crippen molar-refractivity contribution >= 4 is 0 Å². The lowest BCUT2D eigenvalue weighted by Gasteiger charge is -2.57. The van der Waals surface area contributed by atoms with E-state index in [4.69, 9.17) is 5.26 Å². The van der Waals surface area contributed by atoms with E-state index in [0.29, 0.717) is 16.9 Å². The normalized spacial score (nSPS) is 43.9. The zero-order valence-corrected chi connectivity index (χ0v) is 19.4. The van der Waals surface area contributed by atoms with Crippen LogP contribution < -0.4 is 0 Å². The Morgan fingerprint density at radius 1 is 1.13 bits per heavy atom. The standard InChI is InChI=1S/C27H41N3/c1-4-27-12-11-23-22-7-5-18(2)13-21(22)6-8-24(23)26(27)10-9-25(27)19(3)16-30-17-20(14-28)15-29-30/h15,17-19,21-26H,4-13,16H2,1-3H3/t18-,19-,21+,22-,23?,24+,25?,26?,27+/m0/s1. The summed E-state index contributed by atoms with van der Waals surface area (Å²) in [5.74, 6) is 7.58. The molecule has 0 saturated heterocycles. The Labute approximate surface area is 183 Å². The Bertz CT molecular complexity index is 790. The van der Waals surface area contributed by atoms with E-state index in [-0.39, 0.29) is 0 Å². The van der Waals surface area contributed by atoms with Gasteiger partial charge in [-0.3, -0.25) is 4.68 Å². The summed E-state index contributed by atoms with van der Waals surface area (Å²) in [5, 5.41) is 13.6. The molecule has 164 valence electrons. The number of rotatable bonds is 4. The second kappa shape index (κ2) is 7.99. The van der Waals surface area contributed by atoms with Crippen molar-refractivity contribution < 1.29 is 0 Å². The molecular weight excluding hydrogens is 366 g/mol. The van der Waals surface area contributed by atoms with Gasteiger partial charge in [-0.15, -0.1) is 0 Å². The third-order valence-corrected chi connectivity index (χ3v) is 10.6. The molecule has 0 radical (unpaired) electrons. The van der Waals surface area contributed by atoms with Gasteiger partial charge in [0, 0.05) is 12.7 Å². The van der Waals surface area contributed by atoms with Crippen LogP contribution in [-0.4, -0.2) is 9.78 Å². The second-order valence-corrected chi connectivity index (χ2v) is 11.7. The Balaban J connectivity index is 1.33. The van der Waals surface area contributed by atoms with E-state index in [1.165, 1.54) is 64.2 Å². The number of hydrogen-bond acceptors (Lipinski definition) is 2. The highest BCUT2D eigenvalue weighted by Gasteiger charge is 2.58. The fourth-order valence-electron chi connectivity index (χ4n) is 9.43. The minimum absolute atomic E-state index is 0.570. The Hall–Kier alpha value is -1.30. The van der Waals surface area contributed by atoms with Gasteiger partial charge in [-0.25, -0.2) is 0 Å². The van der Waals surface area contributed by atoms with Crippen molar-refractivity contribution in [2.75, 3.05) is 0 Å². The molecule has 0 aromatic carbocycles. The molecule has 0 spiro atoms. The summed E-state index contributed by atoms with van der Waals surface area (Å²) in [4.78, 5) is 0. The first kappa shape index (κ1) is 20.6. The average Bonchev–Trinajstić information content (AvgIpc) is 3.37. The van der Waals surface area contributed by atoms with Gasteiger partial charge in [0.2, 0.25) is 0 Å². The minimum atomic E-state index is 0.570. The van der Waals surface area contributed by atoms with Crippen molar-refractivity contribution in [2.24, 2.45) is 52.8 Å². The van der Waals surface area contributed by atoms with Crippen LogP contribution in [0, 0.1) is 64.1 Å². The van der Waals surface area contributed by atoms with E-state index in [2.05, 4.69) is 31.9 Å². The van der Waals surface area contributed by atoms with E-state index >= 15 is 0 Å². The molecule has 0 aliphatic heterocycles. The molecule has 30 heavy (non-hydrogen) atoms. The third kappa shape index (κ3) is 3.25. The predicted molar refractivity (Wildman–Crippen MR) is 120 cm³/mol. The SMILES string of the molecule is CC[C@]12CCC3[C@@H](CC[C@@H]4C[C@@H](C)CC[C@H]34)C1CCC2[C@@H](C)Cn1cc(C#N)cn1. The lowest BCUT2D eigenvalue weighted by Crippen LogP contribution is -2.50. The molecule has 4 fully saturated rings. The molecule has 0 amide bonds. The Morgan fingerprint density at radius 2 is 1.97 bits per heavy atom. The van der Waals surface area contributed by atoms with E-state index in [1.54, 1.807) is 6.20 Å². The van der Waals surface area contributed by atoms with Crippen LogP contribution in [0.25, 0.3) is 0 Å². The molecule has 1 aromatic rings. The van der Waals surface area contributed by atoms with Crippen LogP contribution in [0.1, 0.15) is 90.5 Å². The summed E-state index contributed by atoms with van der Waals surface area (Å²) in [6.45, 7) is 8.42. The van der Waals surface area contributed by atoms with Crippen LogP contribution in [0.3, 0.4) is 0 Å². The maximum absolute atomic E-state index is 9.13. The van der Waals surface area contributed by atoms with E-state index in [1.807, 2.05) is 10.9 Å². The molecule has 1 heterocycles. The van der Waals surface area contributed by atoms with Gasteiger partial charge in [-0.05, 0) is 111 Å². The quantitative estimate of drug-likeness (QED) is 0.558. The van der Waals surface area contributed by atoms with Crippen molar-refractivity contribution in [1.29, 1.82) is 5.26 Å². The smallest absolute Gasteiger partial charge is 0.102 e. The largest absolute Gasteiger partial charge is 0.271 e. The predicted octanol–water partition coefficient (Wildman–Crippen LogP) is 6.69. The first-order valence-corrected chi connectivity index (χ1v) is 13.0. The Morgan fingerprint density at radius 3 is 2.73 bits per heavy atom. The van der Waals surface area contributed by atoms with Gasteiger partial charge in [0.15, 0.2) is 0 Å². The molecule has 4 aliphatic rings. The lowest BCUT2D eigenvalue weighted by atomic mass is 9.48. The van der Waals surface area contributed by atoms with Crippen LogP contribution in [0.15, 0.2) is 12.4 Å². The van der Waals surface area contributed by atoms with Gasteiger partial charge in [0.1, 0.15) is 6.07 Å². The molecule has 3 heteroatoms. The van der Waals surface area contributed by atoms with Gasteiger partial charge in [0.25, 0.3) is 0 Å². The van der Waals surface area contributed by atoms with E-state index in [9.17, 15) is 0 Å². The van der Waals surface area contributed by atoms with Gasteiger partial charge >= 0.3 is 0 Å². The highest BCUT2D eigenvalue weighted by Crippen LogP contribution is 2.66. The molecule has 9 atom stereocenters. The van der Waals surface area contributed by atoms with Crippen molar-refractivity contribution in [3.63, 3.8) is 0 Å². The minimum Gasteiger partial charge on any atom is -0.271 e. The van der Waals surface area contributed by atoms with Crippen LogP contribution in [0.4, 0.5) is 0 Å². The van der Waals surface area contributed by atoms with Gasteiger partial charge in [-0.1, -0.05) is 27.2 Å². The maximum atomic E-state index is 9.13. The molecule has 3 unspecified atom stereocenters. The van der Waals surface area contributed by atoms with Crippen LogP contribution in [0.5, 0.6) is 0 Å². The average molecular weight is 408 g/mol. The van der Waals surface area contributed by atoms with Crippen LogP contribution in [0.2, 0.25) is 0 Å². The molecule has 3 nitrogen and oxygen atoms in total. The topological polar surface area (TPSA) is 41.6 Å². The van der Waals surface area contributed by atoms with Gasteiger partial charge < -0.3 is 0 Å². The lowest BCUT2D eigenvalue weighted by molar-refractivity contribution is -0.0833. The summed E-state index contributed by atoms with van der Waals surface area (Å²) in [7, 11) is 0. The molecule has 5 rings (SSSR count). The van der Waals surface area contributed by atoms with Crippen molar-refractivity contribution in [2.45, 2.75) is 91.5 Å². The number of fused-ring (bicyclic) bond motifs is 5. The Kier molecular flexibility index (Phi) is 5.49. The van der Waals surface area contributed by atoms with Crippen LogP contribution >= 0.6 is 0 Å². The van der Waals surface area contributed by atoms with E-state index in [0.717, 1.165) is 48.0 Å². The maximum Gasteiger partial charge on any atom is 0.102 e. The number of nitriles is 1. The second-order valence-electron chi connectivity index (χ2n) is 11.7. The molecule has 0 N–H and O–H groups in total. The zero-order valence-electron chi connectivity index (χ0n) is 19.4. The molecular formula is C27H41N3. The molecule has 4 saturated carbocycles. The summed E-state index contributed by atoms with van der Waals surface area (Å²) in [5.41, 5.74) is 1.26. The molecule has 1 aromatic heterocycles. The highest BCUT2D eigenvalue weighted by molar-refractivity contribution is 5.21. The fraction of sp³-hybridized carbons (Fsp3) is 0.852. The number of nitrogens with zero attached hydrogens (tertiary/aromatic N) is 3. The monoisotopic (exact) mass is 407 g/mol. The first-order valence-electron chi connectivity index (χ1n) is 13.0. The fourth-order valence-corrected chi connectivity index (χ4v) is 9.43. The van der Waals surface area contributed by atoms with Crippen molar-refractivity contribution in [3.05, 3.63) is 18.0 Å². The number of hydrogen-bond donors (Lipinski definition) is 0. The highest BCUT2D eigenvalue weighted by atomic mass is 15.3. The third-order valence-electron chi connectivity index (χ3n) is 10.6. The van der Waals surface area contributed by atoms with Crippen LogP contribution in [-0.2, 0) is 6.54 Å². The van der Waals surface area contributed by atoms with Crippen molar-refractivity contribution in [1.82, 2.24) is 9.78 Å². The summed E-state index contributed by atoms with van der Waals surface area (Å²) < 4.78 is 2.03. The molecule has 0 bridgehead atoms. The molecule has 4 aliphatic carbocycles. The number of aromatic nitrogens is 2. The first-order chi connectivity index (χ1) is 14.6. The van der Waals surface area contributed by atoms with Crippen molar-refractivity contribution in [3.8, 4) is 6.07 Å². The summed E-state index contributed by atoms with van der Waals surface area (Å²) in [6.07, 6.45) is 18.5. The zero-order chi connectivity index (χ0) is 20.9. The summed E-state index contributed by atoms with van der Waals surface area (Å²) in [6, 6.07) is 2.23. The van der Waals surface area contributed by atoms with E-state index < -0.39 is 0 Å².